The Morgan fingerprint density at radius 3 is 2.43 bits per heavy atom. The summed E-state index contributed by atoms with van der Waals surface area (Å²) in [4.78, 5) is 24.0. The molecule has 3 saturated carbocycles. The Morgan fingerprint density at radius 1 is 1.11 bits per heavy atom. The Morgan fingerprint density at radius 2 is 1.80 bits per heavy atom. The van der Waals surface area contributed by atoms with Crippen molar-refractivity contribution in [3.8, 4) is 0 Å². The van der Waals surface area contributed by atoms with Gasteiger partial charge < -0.3 is 10.4 Å². The number of rotatable bonds is 10. The summed E-state index contributed by atoms with van der Waals surface area (Å²) in [6.07, 6.45) is 11.7. The summed E-state index contributed by atoms with van der Waals surface area (Å²) in [6.45, 7) is 4.56. The van der Waals surface area contributed by atoms with Crippen LogP contribution in [0.1, 0.15) is 62.7 Å². The number of carboxylic acids is 1. The van der Waals surface area contributed by atoms with E-state index < -0.39 is 16.0 Å². The van der Waals surface area contributed by atoms with Gasteiger partial charge in [-0.2, -0.15) is 0 Å². The van der Waals surface area contributed by atoms with Crippen LogP contribution in [0.15, 0.2) is 65.8 Å². The first-order valence-corrected chi connectivity index (χ1v) is 13.7. The molecule has 8 heteroatoms. The van der Waals surface area contributed by atoms with Gasteiger partial charge in [-0.25, -0.2) is 12.4 Å². The number of nitrogens with zero attached hydrogens (tertiary/aromatic N) is 1. The molecule has 2 N–H and O–H groups in total. The normalized spacial score (nSPS) is 25.2. The van der Waals surface area contributed by atoms with E-state index in [0.29, 0.717) is 29.7 Å². The molecule has 0 radical (unpaired) electrons. The minimum atomic E-state index is -3.67. The van der Waals surface area contributed by atoms with Gasteiger partial charge >= 0.3 is 5.97 Å². The van der Waals surface area contributed by atoms with Gasteiger partial charge in [0.1, 0.15) is 0 Å². The van der Waals surface area contributed by atoms with Crippen LogP contribution in [0, 0.1) is 23.2 Å². The molecule has 1 aromatic carbocycles. The molecular formula is C27H34N2O5S. The highest BCUT2D eigenvalue weighted by atomic mass is 32.2. The van der Waals surface area contributed by atoms with E-state index in [-0.39, 0.29) is 28.7 Å². The lowest BCUT2D eigenvalue weighted by Gasteiger charge is -2.62. The lowest BCUT2D eigenvalue weighted by Crippen LogP contribution is -2.63. The zero-order chi connectivity index (χ0) is 25.2. The average molecular weight is 499 g/mol. The molecule has 4 atom stereocenters. The number of fused-ring (bicyclic) bond motifs is 2. The molecule has 2 aromatic rings. The van der Waals surface area contributed by atoms with Gasteiger partial charge in [-0.3, -0.25) is 9.59 Å². The predicted octanol–water partition coefficient (Wildman–Crippen LogP) is 4.71. The third kappa shape index (κ3) is 5.22. The van der Waals surface area contributed by atoms with E-state index in [0.717, 1.165) is 29.7 Å². The summed E-state index contributed by atoms with van der Waals surface area (Å²) in [5.41, 5.74) is 0.632. The molecule has 35 heavy (non-hydrogen) atoms. The Labute approximate surface area is 207 Å². The quantitative estimate of drug-likeness (QED) is 0.365. The number of benzene rings is 1. The molecule has 188 valence electrons. The number of carbonyl (C=O) groups excluding carboxylic acids is 1. The maximum Gasteiger partial charge on any atom is 0.303 e. The molecule has 7 nitrogen and oxygen atoms in total. The number of nitrogens with one attached hydrogen (secondary N) is 1. The van der Waals surface area contributed by atoms with Crippen molar-refractivity contribution >= 4 is 21.9 Å². The fourth-order valence-corrected chi connectivity index (χ4v) is 6.93. The van der Waals surface area contributed by atoms with E-state index in [1.807, 2.05) is 0 Å². The van der Waals surface area contributed by atoms with E-state index in [1.54, 1.807) is 24.3 Å². The van der Waals surface area contributed by atoms with E-state index in [2.05, 4.69) is 31.3 Å². The van der Waals surface area contributed by atoms with Gasteiger partial charge in [0.15, 0.2) is 0 Å². The van der Waals surface area contributed by atoms with Gasteiger partial charge in [0.05, 0.1) is 4.90 Å². The second kappa shape index (κ2) is 10.0. The molecule has 3 aliphatic carbocycles. The Bertz CT molecular complexity index is 1180. The molecular weight excluding hydrogens is 464 g/mol. The summed E-state index contributed by atoms with van der Waals surface area (Å²) >= 11 is 0. The standard InChI is InChI=1S/C27H34N2O5S/c1-27(2)21-17-20(9-5-3-4-6-10-24(30)31)25(23(27)18-21)28-26(32)19-11-13-22(14-12-19)35(33,34)29-15-7-8-16-29/h3,5,7-8,11-16,20-21,23,25H,4,6,9-10,17-18H2,1-2H3,(H,28,32)(H,30,31)/b5-3+/t20-,21+,23+,25+/m0/s1. The van der Waals surface area contributed by atoms with Gasteiger partial charge in [-0.1, -0.05) is 26.0 Å². The lowest BCUT2D eigenvalue weighted by molar-refractivity contribution is -0.137. The number of carboxylic acid groups (broad SMARTS) is 1. The molecule has 5 rings (SSSR count). The van der Waals surface area contributed by atoms with Crippen LogP contribution in [-0.4, -0.2) is 35.4 Å². The molecule has 2 bridgehead atoms. The predicted molar refractivity (Wildman–Crippen MR) is 133 cm³/mol. The number of hydrogen-bond acceptors (Lipinski definition) is 4. The number of carbonyl (C=O) groups is 2. The highest BCUT2D eigenvalue weighted by Crippen LogP contribution is 2.61. The minimum absolute atomic E-state index is 0.0504. The molecule has 3 aliphatic rings. The fourth-order valence-electron chi connectivity index (χ4n) is 5.74. The van der Waals surface area contributed by atoms with Crippen LogP contribution in [0.4, 0.5) is 0 Å². The van der Waals surface area contributed by atoms with Crippen LogP contribution >= 0.6 is 0 Å². The van der Waals surface area contributed by atoms with Crippen molar-refractivity contribution in [1.29, 1.82) is 0 Å². The smallest absolute Gasteiger partial charge is 0.303 e. The van der Waals surface area contributed by atoms with Crippen molar-refractivity contribution in [3.63, 3.8) is 0 Å². The topological polar surface area (TPSA) is 105 Å². The number of aliphatic carboxylic acids is 1. The highest BCUT2D eigenvalue weighted by molar-refractivity contribution is 7.90. The molecule has 0 aliphatic heterocycles. The maximum atomic E-state index is 13.2. The Balaban J connectivity index is 1.42. The molecule has 3 fully saturated rings. The van der Waals surface area contributed by atoms with Crippen LogP contribution in [0.3, 0.4) is 0 Å². The van der Waals surface area contributed by atoms with Crippen LogP contribution < -0.4 is 5.32 Å². The molecule has 1 amide bonds. The van der Waals surface area contributed by atoms with Crippen molar-refractivity contribution in [1.82, 2.24) is 9.29 Å². The van der Waals surface area contributed by atoms with Crippen LogP contribution in [0.25, 0.3) is 0 Å². The van der Waals surface area contributed by atoms with Crippen molar-refractivity contribution in [3.05, 3.63) is 66.5 Å². The van der Waals surface area contributed by atoms with Crippen LogP contribution in [0.5, 0.6) is 0 Å². The number of allylic oxidation sites excluding steroid dienone is 2. The van der Waals surface area contributed by atoms with E-state index in [4.69, 9.17) is 5.11 Å². The molecule has 0 spiro atoms. The fraction of sp³-hybridized carbons (Fsp3) is 0.481. The summed E-state index contributed by atoms with van der Waals surface area (Å²) in [5.74, 6) is 0.440. The van der Waals surface area contributed by atoms with Gasteiger partial charge in [0, 0.05) is 30.4 Å². The summed E-state index contributed by atoms with van der Waals surface area (Å²) in [7, 11) is -3.67. The van der Waals surface area contributed by atoms with E-state index >= 15 is 0 Å². The number of aromatic nitrogens is 1. The summed E-state index contributed by atoms with van der Waals surface area (Å²) < 4.78 is 26.5. The SMILES string of the molecule is CC1(C)[C@@H]2C[C@H](C/C=C/CCCC(=O)O)[C@@H](NC(=O)c3ccc(S(=O)(=O)n4cccc4)cc3)[C@H]1C2. The number of amides is 1. The average Bonchev–Trinajstić information content (AvgIpc) is 3.37. The van der Waals surface area contributed by atoms with Gasteiger partial charge in [0.2, 0.25) is 0 Å². The maximum absolute atomic E-state index is 13.2. The van der Waals surface area contributed by atoms with Gasteiger partial charge in [-0.15, -0.1) is 0 Å². The Hall–Kier alpha value is -2.87. The molecule has 1 aromatic heterocycles. The van der Waals surface area contributed by atoms with E-state index in [9.17, 15) is 18.0 Å². The number of unbranched alkanes of at least 4 members (excludes halogenated alkanes) is 1. The van der Waals surface area contributed by atoms with Crippen LogP contribution in [0.2, 0.25) is 0 Å². The third-order valence-electron chi connectivity index (χ3n) is 8.01. The van der Waals surface area contributed by atoms with Crippen molar-refractivity contribution in [2.75, 3.05) is 0 Å². The second-order valence-electron chi connectivity index (χ2n) is 10.4. The summed E-state index contributed by atoms with van der Waals surface area (Å²) in [6, 6.07) is 9.45. The van der Waals surface area contributed by atoms with Gasteiger partial charge in [-0.05, 0) is 91.7 Å². The van der Waals surface area contributed by atoms with Crippen molar-refractivity contribution in [2.45, 2.75) is 63.3 Å². The first kappa shape index (κ1) is 25.2. The zero-order valence-electron chi connectivity index (χ0n) is 20.3. The van der Waals surface area contributed by atoms with E-state index in [1.165, 1.54) is 24.5 Å². The highest BCUT2D eigenvalue weighted by Gasteiger charge is 2.57. The Kier molecular flexibility index (Phi) is 7.22. The van der Waals surface area contributed by atoms with Gasteiger partial charge in [0.25, 0.3) is 15.9 Å². The van der Waals surface area contributed by atoms with Crippen molar-refractivity contribution in [2.24, 2.45) is 23.2 Å². The van der Waals surface area contributed by atoms with Crippen molar-refractivity contribution < 1.29 is 23.1 Å². The molecule has 0 unspecified atom stereocenters. The minimum Gasteiger partial charge on any atom is -0.481 e. The first-order valence-electron chi connectivity index (χ1n) is 12.3. The van der Waals surface area contributed by atoms with Crippen LogP contribution in [-0.2, 0) is 14.8 Å². The molecule has 0 saturated heterocycles. The molecule has 1 heterocycles. The third-order valence-corrected chi connectivity index (χ3v) is 9.68. The largest absolute Gasteiger partial charge is 0.481 e. The second-order valence-corrected chi connectivity index (χ2v) is 12.2. The number of hydrogen-bond donors (Lipinski definition) is 2. The monoisotopic (exact) mass is 498 g/mol. The summed E-state index contributed by atoms with van der Waals surface area (Å²) in [5, 5.41) is 12.0. The first-order chi connectivity index (χ1) is 16.6. The lowest BCUT2D eigenvalue weighted by atomic mass is 9.44. The zero-order valence-corrected chi connectivity index (χ0v) is 21.1.